The van der Waals surface area contributed by atoms with Crippen LogP contribution in [0.3, 0.4) is 0 Å². The van der Waals surface area contributed by atoms with Gasteiger partial charge in [0.25, 0.3) is 0 Å². The van der Waals surface area contributed by atoms with Crippen LogP contribution in [-0.2, 0) is 43.1 Å². The van der Waals surface area contributed by atoms with Gasteiger partial charge in [-0.15, -0.1) is 0 Å². The van der Waals surface area contributed by atoms with Crippen LogP contribution in [0.5, 0.6) is 5.75 Å². The molecule has 2 aliphatic rings. The first-order valence-electron chi connectivity index (χ1n) is 23.0. The largest absolute Gasteiger partial charge is 0.494 e. The summed E-state index contributed by atoms with van der Waals surface area (Å²) in [4.78, 5) is 42.7. The van der Waals surface area contributed by atoms with Gasteiger partial charge in [-0.25, -0.2) is 4.98 Å². The van der Waals surface area contributed by atoms with E-state index in [-0.39, 0.29) is 31.2 Å². The molecule has 8 bridgehead atoms. The van der Waals surface area contributed by atoms with Gasteiger partial charge < -0.3 is 34.4 Å². The van der Waals surface area contributed by atoms with Crippen LogP contribution in [-0.4, -0.2) is 62.9 Å². The van der Waals surface area contributed by atoms with Gasteiger partial charge in [0.05, 0.1) is 43.6 Å². The Hall–Kier alpha value is -5.26. The number of aliphatic hydroxyl groups is 2. The van der Waals surface area contributed by atoms with Crippen molar-refractivity contribution >= 4 is 45.2 Å². The quantitative estimate of drug-likeness (QED) is 0.0531. The molecule has 2 atom stereocenters. The van der Waals surface area contributed by atoms with E-state index >= 15 is 0 Å². The highest BCUT2D eigenvalue weighted by Crippen LogP contribution is 2.51. The van der Waals surface area contributed by atoms with Crippen LogP contribution in [0.2, 0.25) is 0 Å². The molecule has 2 aliphatic heterocycles. The number of benzene rings is 1. The first kappa shape index (κ1) is 47.2. The number of nitrogens with one attached hydrogen (secondary N) is 2. The number of aryl methyl sites for hydroxylation is 4. The molecule has 11 heteroatoms. The van der Waals surface area contributed by atoms with Crippen LogP contribution in [0.25, 0.3) is 44.3 Å². The fourth-order valence-electron chi connectivity index (χ4n) is 9.30. The van der Waals surface area contributed by atoms with Gasteiger partial charge >= 0.3 is 11.9 Å². The van der Waals surface area contributed by atoms with Crippen molar-refractivity contribution < 1.29 is 34.0 Å². The van der Waals surface area contributed by atoms with Gasteiger partial charge in [-0.2, -0.15) is 0 Å². The van der Waals surface area contributed by atoms with Crippen LogP contribution in [0, 0.1) is 13.8 Å². The van der Waals surface area contributed by atoms with Crippen LogP contribution in [0.4, 0.5) is 0 Å². The fraction of sp³-hybridized carbons (Fsp3) is 0.500. The standard InChI is InChI=1S/C52H68N4O7/c1-10-13-14-15-16-17-18-19-28-63-36-22-20-35(21-23-36)48-49-34(6)37(11-2)42(55-49)29-40-32(4)38(24-26-46(57)61-8)43(53-40)30-44-39(25-27-47(58)62-9)33(5)41(54-44)31-45-52(60,12-3)51(7,59)50(48)56-45/h20-23,29-31,53-54,59-60H,10-19,24-28H2,1-9H3. The topological polar surface area (TPSA) is 160 Å². The smallest absolute Gasteiger partial charge is 0.305 e. The minimum absolute atomic E-state index is 0.158. The third-order valence-electron chi connectivity index (χ3n) is 13.4. The van der Waals surface area contributed by atoms with Gasteiger partial charge in [0.15, 0.2) is 0 Å². The molecule has 2 unspecified atom stereocenters. The molecule has 0 amide bonds. The second kappa shape index (κ2) is 20.5. The van der Waals surface area contributed by atoms with Gasteiger partial charge in [-0.05, 0) is 129 Å². The number of nitrogens with zero attached hydrogens (tertiary/aromatic N) is 2. The average Bonchev–Trinajstić information content (AvgIpc) is 3.91. The number of hydrogen-bond acceptors (Lipinski definition) is 9. The lowest BCUT2D eigenvalue weighted by atomic mass is 9.77. The molecule has 338 valence electrons. The third-order valence-corrected chi connectivity index (χ3v) is 13.4. The molecular weight excluding hydrogens is 793 g/mol. The maximum absolute atomic E-state index is 12.7. The molecule has 0 radical (unpaired) electrons. The van der Waals surface area contributed by atoms with Gasteiger partial charge in [0.1, 0.15) is 17.0 Å². The molecule has 5 heterocycles. The molecule has 4 aromatic rings. The molecule has 6 rings (SSSR count). The molecule has 63 heavy (non-hydrogen) atoms. The van der Waals surface area contributed by atoms with E-state index in [1.54, 1.807) is 6.92 Å². The minimum atomic E-state index is -1.83. The number of unbranched alkanes of at least 4 members (excludes halogenated alkanes) is 7. The maximum atomic E-state index is 12.7. The van der Waals surface area contributed by atoms with Gasteiger partial charge in [-0.1, -0.05) is 77.8 Å². The van der Waals surface area contributed by atoms with Crippen molar-refractivity contribution in [2.45, 2.75) is 150 Å². The van der Waals surface area contributed by atoms with E-state index in [0.717, 1.165) is 79.8 Å². The Balaban J connectivity index is 1.60. The molecular formula is C52H68N4O7. The zero-order valence-corrected chi connectivity index (χ0v) is 39.0. The van der Waals surface area contributed by atoms with E-state index in [4.69, 9.17) is 24.2 Å². The zero-order valence-electron chi connectivity index (χ0n) is 39.0. The molecule has 0 fully saturated rings. The molecule has 1 aromatic carbocycles. The summed E-state index contributed by atoms with van der Waals surface area (Å²) in [6.07, 6.45) is 11.9. The van der Waals surface area contributed by atoms with Crippen molar-refractivity contribution in [3.8, 4) is 16.9 Å². The Morgan fingerprint density at radius 3 is 1.81 bits per heavy atom. The van der Waals surface area contributed by atoms with E-state index in [0.29, 0.717) is 54.0 Å². The van der Waals surface area contributed by atoms with E-state index in [9.17, 15) is 19.8 Å². The number of carbonyl (C=O) groups excluding carboxylic acids is 2. The second-order valence-electron chi connectivity index (χ2n) is 17.4. The molecule has 0 saturated heterocycles. The summed E-state index contributed by atoms with van der Waals surface area (Å²) in [6, 6.07) is 13.8. The van der Waals surface area contributed by atoms with E-state index in [1.165, 1.54) is 52.7 Å². The van der Waals surface area contributed by atoms with Crippen molar-refractivity contribution in [3.63, 3.8) is 0 Å². The minimum Gasteiger partial charge on any atom is -0.494 e. The number of methoxy groups -OCH3 is 2. The first-order chi connectivity index (χ1) is 30.2. The summed E-state index contributed by atoms with van der Waals surface area (Å²) in [5.74, 6) is 0.125. The number of hydrogen-bond donors (Lipinski definition) is 4. The lowest BCUT2D eigenvalue weighted by Gasteiger charge is -2.35. The Morgan fingerprint density at radius 1 is 0.714 bits per heavy atom. The monoisotopic (exact) mass is 861 g/mol. The van der Waals surface area contributed by atoms with Crippen molar-refractivity contribution in [1.29, 1.82) is 0 Å². The molecule has 0 aliphatic carbocycles. The van der Waals surface area contributed by atoms with Crippen molar-refractivity contribution in [2.75, 3.05) is 20.8 Å². The first-order valence-corrected chi connectivity index (χ1v) is 23.0. The third kappa shape index (κ3) is 9.80. The zero-order chi connectivity index (χ0) is 45.5. The molecule has 11 nitrogen and oxygen atoms in total. The molecule has 0 spiro atoms. The number of rotatable bonds is 19. The lowest BCUT2D eigenvalue weighted by Crippen LogP contribution is -2.43. The number of carbonyl (C=O) groups is 2. The molecule has 3 aromatic heterocycles. The number of esters is 2. The van der Waals surface area contributed by atoms with Crippen LogP contribution < -0.4 is 4.74 Å². The number of aromatic nitrogens is 4. The highest BCUT2D eigenvalue weighted by molar-refractivity contribution is 5.97. The summed E-state index contributed by atoms with van der Waals surface area (Å²) in [7, 11) is 2.77. The number of ether oxygens (including phenoxy) is 3. The second-order valence-corrected chi connectivity index (χ2v) is 17.4. The highest BCUT2D eigenvalue weighted by Gasteiger charge is 2.54. The van der Waals surface area contributed by atoms with Crippen molar-refractivity contribution in [2.24, 2.45) is 0 Å². The van der Waals surface area contributed by atoms with Gasteiger partial charge in [0, 0.05) is 40.5 Å². The van der Waals surface area contributed by atoms with E-state index in [2.05, 4.69) is 36.8 Å². The van der Waals surface area contributed by atoms with Crippen LogP contribution in [0.15, 0.2) is 42.5 Å². The lowest BCUT2D eigenvalue weighted by molar-refractivity contribution is -0.148. The SMILES string of the molecule is CCCCCCCCCCOc1ccc(-c2c3nc(cc4[nH]c(cc5[nH]c(cc6nc2C(C)(O)C6(O)CC)c(C)c5CCC(=O)OC)c(CCC(=O)OC)c4C)C(CC)=C3C)cc1. The van der Waals surface area contributed by atoms with Crippen LogP contribution >= 0.6 is 0 Å². The molecule has 0 saturated carbocycles. The summed E-state index contributed by atoms with van der Waals surface area (Å²) in [5, 5.41) is 25.4. The maximum Gasteiger partial charge on any atom is 0.305 e. The van der Waals surface area contributed by atoms with E-state index in [1.807, 2.05) is 57.2 Å². The summed E-state index contributed by atoms with van der Waals surface area (Å²) < 4.78 is 16.3. The van der Waals surface area contributed by atoms with Gasteiger partial charge in [-0.3, -0.25) is 14.6 Å². The number of fused-ring (bicyclic) bond motifs is 8. The Bertz CT molecular complexity index is 2490. The van der Waals surface area contributed by atoms with Crippen molar-refractivity contribution in [3.05, 3.63) is 87.5 Å². The number of aromatic amines is 2. The van der Waals surface area contributed by atoms with Crippen molar-refractivity contribution in [1.82, 2.24) is 19.9 Å². The average molecular weight is 861 g/mol. The van der Waals surface area contributed by atoms with Gasteiger partial charge in [0.2, 0.25) is 0 Å². The summed E-state index contributed by atoms with van der Waals surface area (Å²) in [5.41, 5.74) is 8.66. The number of H-pyrrole nitrogens is 2. The number of allylic oxidation sites excluding steroid dienone is 2. The van der Waals surface area contributed by atoms with E-state index < -0.39 is 11.2 Å². The Morgan fingerprint density at radius 2 is 1.27 bits per heavy atom. The summed E-state index contributed by atoms with van der Waals surface area (Å²) in [6.45, 7) is 14.5. The van der Waals surface area contributed by atoms with Crippen LogP contribution in [0.1, 0.15) is 157 Å². The summed E-state index contributed by atoms with van der Waals surface area (Å²) >= 11 is 0. The predicted molar refractivity (Wildman–Crippen MR) is 251 cm³/mol. The molecule has 4 N–H and O–H groups in total. The Labute approximate surface area is 372 Å². The predicted octanol–water partition coefficient (Wildman–Crippen LogP) is 11.2. The highest BCUT2D eigenvalue weighted by atomic mass is 16.5. The fourth-order valence-corrected chi connectivity index (χ4v) is 9.30. The normalized spacial score (nSPS) is 17.3. The Kier molecular flexibility index (Phi) is 15.4.